The third kappa shape index (κ3) is 5.54. The molecule has 1 N–H and O–H groups in total. The molecule has 1 saturated carbocycles. The Morgan fingerprint density at radius 2 is 2.16 bits per heavy atom. The van der Waals surface area contributed by atoms with E-state index in [-0.39, 0.29) is 12.2 Å². The quantitative estimate of drug-likeness (QED) is 0.525. The maximum Gasteiger partial charge on any atom is 0.194 e. The molecule has 0 radical (unpaired) electrons. The van der Waals surface area contributed by atoms with Crippen LogP contribution in [-0.4, -0.2) is 60.1 Å². The summed E-state index contributed by atoms with van der Waals surface area (Å²) in [5.74, 6) is 2.59. The van der Waals surface area contributed by atoms with Crippen LogP contribution < -0.4 is 14.8 Å². The molecule has 1 saturated heterocycles. The number of guanidine groups is 1. The lowest BCUT2D eigenvalue weighted by atomic mass is 10.1. The summed E-state index contributed by atoms with van der Waals surface area (Å²) in [6.07, 6.45) is 8.88. The Kier molecular flexibility index (Phi) is 7.52. The molecule has 32 heavy (non-hydrogen) atoms. The van der Waals surface area contributed by atoms with Gasteiger partial charge in [-0.1, -0.05) is 0 Å². The molecule has 1 unspecified atom stereocenters. The molecule has 1 aliphatic carbocycles. The lowest BCUT2D eigenvalue weighted by molar-refractivity contribution is -0.00805. The van der Waals surface area contributed by atoms with Crippen LogP contribution >= 0.6 is 0 Å². The van der Waals surface area contributed by atoms with Crippen molar-refractivity contribution < 1.29 is 14.2 Å². The number of nitrogens with one attached hydrogen (secondary N) is 1. The second-order valence-electron chi connectivity index (χ2n) is 8.42. The number of hydrogen-bond acceptors (Lipinski definition) is 5. The molecular weight excluding hydrogens is 406 g/mol. The molecular formula is C24H35N5O3. The Labute approximate surface area is 190 Å². The first-order valence-corrected chi connectivity index (χ1v) is 11.6. The number of aryl methyl sites for hydroxylation is 1. The lowest BCUT2D eigenvalue weighted by Gasteiger charge is -2.34. The Bertz CT molecular complexity index is 907. The average molecular weight is 442 g/mol. The van der Waals surface area contributed by atoms with Gasteiger partial charge in [0, 0.05) is 43.5 Å². The highest BCUT2D eigenvalue weighted by atomic mass is 16.5. The monoisotopic (exact) mass is 441 g/mol. The summed E-state index contributed by atoms with van der Waals surface area (Å²) in [4.78, 5) is 7.24. The molecule has 0 amide bonds. The molecule has 1 aromatic carbocycles. The summed E-state index contributed by atoms with van der Waals surface area (Å²) in [5.41, 5.74) is 2.17. The highest BCUT2D eigenvalue weighted by Crippen LogP contribution is 2.30. The van der Waals surface area contributed by atoms with Crippen LogP contribution in [0.5, 0.6) is 11.5 Å². The predicted octanol–water partition coefficient (Wildman–Crippen LogP) is 3.29. The van der Waals surface area contributed by atoms with Crippen molar-refractivity contribution in [2.75, 3.05) is 33.4 Å². The normalized spacial score (nSPS) is 19.9. The average Bonchev–Trinajstić information content (AvgIpc) is 3.49. The molecule has 2 aliphatic rings. The maximum atomic E-state index is 6.35. The molecule has 8 nitrogen and oxygen atoms in total. The number of methoxy groups -OCH3 is 1. The van der Waals surface area contributed by atoms with Gasteiger partial charge in [-0.05, 0) is 44.7 Å². The summed E-state index contributed by atoms with van der Waals surface area (Å²) in [7, 11) is 3.61. The van der Waals surface area contributed by atoms with E-state index in [0.717, 1.165) is 61.1 Å². The van der Waals surface area contributed by atoms with Gasteiger partial charge in [0.15, 0.2) is 5.96 Å². The number of hydrogen-bond donors (Lipinski definition) is 1. The van der Waals surface area contributed by atoms with Crippen molar-refractivity contribution in [3.8, 4) is 11.5 Å². The van der Waals surface area contributed by atoms with Crippen molar-refractivity contribution in [1.82, 2.24) is 20.0 Å². The molecule has 0 spiro atoms. The van der Waals surface area contributed by atoms with E-state index in [0.29, 0.717) is 13.2 Å². The number of ether oxygens (including phenoxy) is 3. The Hall–Kier alpha value is -2.74. The molecule has 1 aromatic heterocycles. The number of nitrogens with zero attached hydrogens (tertiary/aromatic N) is 4. The number of aromatic nitrogens is 2. The van der Waals surface area contributed by atoms with Crippen molar-refractivity contribution >= 4 is 5.96 Å². The first-order valence-electron chi connectivity index (χ1n) is 11.6. The van der Waals surface area contributed by atoms with Crippen LogP contribution in [0.3, 0.4) is 0 Å². The molecule has 1 aliphatic heterocycles. The van der Waals surface area contributed by atoms with E-state index in [2.05, 4.69) is 28.3 Å². The number of morpholine rings is 1. The van der Waals surface area contributed by atoms with Crippen LogP contribution in [0.1, 0.15) is 49.8 Å². The number of rotatable bonds is 7. The fourth-order valence-corrected chi connectivity index (χ4v) is 4.32. The van der Waals surface area contributed by atoms with E-state index >= 15 is 0 Å². The summed E-state index contributed by atoms with van der Waals surface area (Å²) < 4.78 is 19.6. The van der Waals surface area contributed by atoms with Gasteiger partial charge in [-0.25, -0.2) is 4.99 Å². The van der Waals surface area contributed by atoms with Crippen LogP contribution in [-0.2, 0) is 18.3 Å². The minimum absolute atomic E-state index is 0.0106. The van der Waals surface area contributed by atoms with Crippen LogP contribution in [0.4, 0.5) is 0 Å². The molecule has 1 atom stereocenters. The van der Waals surface area contributed by atoms with Crippen molar-refractivity contribution in [1.29, 1.82) is 0 Å². The van der Waals surface area contributed by atoms with Gasteiger partial charge in [0.05, 0.1) is 39.1 Å². The van der Waals surface area contributed by atoms with Crippen LogP contribution in [0, 0.1) is 0 Å². The molecule has 2 heterocycles. The summed E-state index contributed by atoms with van der Waals surface area (Å²) in [5, 5.41) is 7.74. The van der Waals surface area contributed by atoms with Crippen LogP contribution in [0.15, 0.2) is 35.6 Å². The van der Waals surface area contributed by atoms with Gasteiger partial charge in [0.25, 0.3) is 0 Å². The third-order valence-electron chi connectivity index (χ3n) is 6.07. The fourth-order valence-electron chi connectivity index (χ4n) is 4.32. The van der Waals surface area contributed by atoms with Crippen molar-refractivity contribution in [3.05, 3.63) is 41.7 Å². The Morgan fingerprint density at radius 1 is 1.31 bits per heavy atom. The summed E-state index contributed by atoms with van der Waals surface area (Å²) in [6, 6.07) is 6.03. The first kappa shape index (κ1) is 22.5. The standard InChI is InChI=1S/C24H35N5O3/c1-4-25-24(29-11-12-31-23(17-29)19-15-27-28(2)16-19)26-14-18-9-10-21(30-3)13-22(18)32-20-7-5-6-8-20/h9-10,13,15-16,20,23H,4-8,11-12,14,17H2,1-3H3,(H,25,26). The van der Waals surface area contributed by atoms with Gasteiger partial charge in [-0.3, -0.25) is 4.68 Å². The number of aliphatic imine (C=N–C) groups is 1. The minimum Gasteiger partial charge on any atom is -0.497 e. The summed E-state index contributed by atoms with van der Waals surface area (Å²) in [6.45, 7) is 5.65. The van der Waals surface area contributed by atoms with E-state index in [1.807, 2.05) is 36.3 Å². The second-order valence-corrected chi connectivity index (χ2v) is 8.42. The zero-order valence-corrected chi connectivity index (χ0v) is 19.4. The highest BCUT2D eigenvalue weighted by molar-refractivity contribution is 5.80. The van der Waals surface area contributed by atoms with E-state index in [4.69, 9.17) is 19.2 Å². The fraction of sp³-hybridized carbons (Fsp3) is 0.583. The predicted molar refractivity (Wildman–Crippen MR) is 124 cm³/mol. The molecule has 8 heteroatoms. The Morgan fingerprint density at radius 3 is 2.88 bits per heavy atom. The van der Waals surface area contributed by atoms with Gasteiger partial charge in [-0.15, -0.1) is 0 Å². The topological polar surface area (TPSA) is 73.1 Å². The minimum atomic E-state index is -0.0106. The van der Waals surface area contributed by atoms with Crippen molar-refractivity contribution in [2.24, 2.45) is 12.0 Å². The third-order valence-corrected chi connectivity index (χ3v) is 6.07. The van der Waals surface area contributed by atoms with Gasteiger partial charge < -0.3 is 24.4 Å². The van der Waals surface area contributed by atoms with Gasteiger partial charge in [0.1, 0.15) is 17.6 Å². The van der Waals surface area contributed by atoms with Crippen molar-refractivity contribution in [3.63, 3.8) is 0 Å². The Balaban J connectivity index is 1.50. The maximum absolute atomic E-state index is 6.35. The molecule has 2 fully saturated rings. The van der Waals surface area contributed by atoms with E-state index in [9.17, 15) is 0 Å². The van der Waals surface area contributed by atoms with Crippen molar-refractivity contribution in [2.45, 2.75) is 51.4 Å². The first-order chi connectivity index (χ1) is 15.7. The van der Waals surface area contributed by atoms with E-state index < -0.39 is 0 Å². The SMILES string of the molecule is CCNC(=NCc1ccc(OC)cc1OC1CCCC1)N1CCOC(c2cnn(C)c2)C1. The van der Waals surface area contributed by atoms with Gasteiger partial charge in [-0.2, -0.15) is 5.10 Å². The smallest absolute Gasteiger partial charge is 0.194 e. The molecule has 4 rings (SSSR count). The number of benzene rings is 1. The molecule has 2 aromatic rings. The van der Waals surface area contributed by atoms with Crippen LogP contribution in [0.25, 0.3) is 0 Å². The zero-order valence-electron chi connectivity index (χ0n) is 19.4. The largest absolute Gasteiger partial charge is 0.497 e. The molecule has 0 bridgehead atoms. The van der Waals surface area contributed by atoms with Crippen LogP contribution in [0.2, 0.25) is 0 Å². The lowest BCUT2D eigenvalue weighted by Crippen LogP contribution is -2.48. The second kappa shape index (κ2) is 10.7. The summed E-state index contributed by atoms with van der Waals surface area (Å²) >= 11 is 0. The van der Waals surface area contributed by atoms with Gasteiger partial charge in [0.2, 0.25) is 0 Å². The highest BCUT2D eigenvalue weighted by Gasteiger charge is 2.25. The van der Waals surface area contributed by atoms with Gasteiger partial charge >= 0.3 is 0 Å². The van der Waals surface area contributed by atoms with E-state index in [1.165, 1.54) is 12.8 Å². The zero-order chi connectivity index (χ0) is 22.3. The van der Waals surface area contributed by atoms with E-state index in [1.54, 1.807) is 7.11 Å². The molecule has 174 valence electrons.